The summed E-state index contributed by atoms with van der Waals surface area (Å²) in [6.45, 7) is 5.83. The van der Waals surface area contributed by atoms with Crippen molar-refractivity contribution in [2.24, 2.45) is 0 Å². The summed E-state index contributed by atoms with van der Waals surface area (Å²) in [5, 5.41) is 3.57. The van der Waals surface area contributed by atoms with Crippen molar-refractivity contribution < 1.29 is 14.2 Å². The summed E-state index contributed by atoms with van der Waals surface area (Å²) < 4.78 is 18.0. The molecule has 0 bridgehead atoms. The van der Waals surface area contributed by atoms with Gasteiger partial charge < -0.3 is 19.5 Å². The van der Waals surface area contributed by atoms with Gasteiger partial charge in [-0.3, -0.25) is 0 Å². The molecule has 1 unspecified atom stereocenters. The van der Waals surface area contributed by atoms with Crippen LogP contribution in [0.3, 0.4) is 0 Å². The third-order valence-electron chi connectivity index (χ3n) is 5.40. The molecular formula is C17H31NO3. The van der Waals surface area contributed by atoms with E-state index in [1.807, 2.05) is 0 Å². The Morgan fingerprint density at radius 3 is 2.48 bits per heavy atom. The lowest BCUT2D eigenvalue weighted by molar-refractivity contribution is -0.180. The molecule has 1 saturated carbocycles. The molecule has 21 heavy (non-hydrogen) atoms. The number of ether oxygens (including phenoxy) is 3. The molecule has 4 heteroatoms. The van der Waals surface area contributed by atoms with E-state index in [4.69, 9.17) is 14.2 Å². The maximum atomic E-state index is 6.44. The first-order valence-corrected chi connectivity index (χ1v) is 8.90. The van der Waals surface area contributed by atoms with Crippen LogP contribution in [0.25, 0.3) is 0 Å². The van der Waals surface area contributed by atoms with Gasteiger partial charge in [-0.1, -0.05) is 6.92 Å². The van der Waals surface area contributed by atoms with Gasteiger partial charge in [0, 0.05) is 32.3 Å². The van der Waals surface area contributed by atoms with Crippen molar-refractivity contribution in [1.29, 1.82) is 0 Å². The fraction of sp³-hybridized carbons (Fsp3) is 1.00. The molecule has 1 N–H and O–H groups in total. The van der Waals surface area contributed by atoms with Gasteiger partial charge in [0.2, 0.25) is 0 Å². The second kappa shape index (κ2) is 7.40. The van der Waals surface area contributed by atoms with Crippen molar-refractivity contribution in [3.05, 3.63) is 0 Å². The molecule has 122 valence electrons. The van der Waals surface area contributed by atoms with Crippen molar-refractivity contribution in [2.75, 3.05) is 26.4 Å². The Labute approximate surface area is 128 Å². The molecule has 0 aromatic carbocycles. The summed E-state index contributed by atoms with van der Waals surface area (Å²) in [5.74, 6) is 0. The van der Waals surface area contributed by atoms with Crippen molar-refractivity contribution >= 4 is 0 Å². The SMILES string of the molecule is CCNC1CCC(OC2CCOC3(CCOCC3)C2)CC1. The van der Waals surface area contributed by atoms with Gasteiger partial charge in [0.25, 0.3) is 0 Å². The molecule has 0 radical (unpaired) electrons. The van der Waals surface area contributed by atoms with Crippen LogP contribution in [-0.4, -0.2) is 50.2 Å². The lowest BCUT2D eigenvalue weighted by Gasteiger charge is -2.44. The van der Waals surface area contributed by atoms with Crippen LogP contribution in [0.4, 0.5) is 0 Å². The first kappa shape index (κ1) is 15.7. The van der Waals surface area contributed by atoms with Crippen LogP contribution in [0.15, 0.2) is 0 Å². The van der Waals surface area contributed by atoms with E-state index in [1.54, 1.807) is 0 Å². The van der Waals surface area contributed by atoms with Crippen LogP contribution in [0.5, 0.6) is 0 Å². The third kappa shape index (κ3) is 4.19. The number of hydrogen-bond donors (Lipinski definition) is 1. The molecule has 3 fully saturated rings. The summed E-state index contributed by atoms with van der Waals surface area (Å²) in [7, 11) is 0. The first-order chi connectivity index (χ1) is 10.3. The highest BCUT2D eigenvalue weighted by molar-refractivity contribution is 4.90. The van der Waals surface area contributed by atoms with E-state index in [-0.39, 0.29) is 5.60 Å². The normalized spacial score (nSPS) is 36.7. The molecule has 2 aliphatic heterocycles. The zero-order valence-electron chi connectivity index (χ0n) is 13.4. The molecular weight excluding hydrogens is 266 g/mol. The van der Waals surface area contributed by atoms with Gasteiger partial charge in [-0.25, -0.2) is 0 Å². The van der Waals surface area contributed by atoms with E-state index >= 15 is 0 Å². The predicted octanol–water partition coefficient (Wildman–Crippen LogP) is 2.65. The van der Waals surface area contributed by atoms with Crippen molar-refractivity contribution in [3.8, 4) is 0 Å². The third-order valence-corrected chi connectivity index (χ3v) is 5.40. The average Bonchev–Trinajstić information content (AvgIpc) is 2.50. The van der Waals surface area contributed by atoms with Crippen LogP contribution in [0, 0.1) is 0 Å². The fourth-order valence-corrected chi connectivity index (χ4v) is 4.15. The minimum Gasteiger partial charge on any atom is -0.381 e. The van der Waals surface area contributed by atoms with Crippen LogP contribution in [-0.2, 0) is 14.2 Å². The zero-order chi connectivity index (χ0) is 14.5. The minimum absolute atomic E-state index is 0.0577. The van der Waals surface area contributed by atoms with Gasteiger partial charge in [-0.15, -0.1) is 0 Å². The Balaban J connectivity index is 1.45. The van der Waals surface area contributed by atoms with Gasteiger partial charge in [0.15, 0.2) is 0 Å². The van der Waals surface area contributed by atoms with Crippen LogP contribution in [0.2, 0.25) is 0 Å². The van der Waals surface area contributed by atoms with E-state index < -0.39 is 0 Å². The summed E-state index contributed by atoms with van der Waals surface area (Å²) >= 11 is 0. The molecule has 2 saturated heterocycles. The van der Waals surface area contributed by atoms with E-state index in [0.717, 1.165) is 52.0 Å². The Kier molecular flexibility index (Phi) is 5.54. The number of hydrogen-bond acceptors (Lipinski definition) is 4. The standard InChI is InChI=1S/C17H31NO3/c1-2-18-14-3-5-15(6-4-14)21-16-7-10-20-17(13-16)8-11-19-12-9-17/h14-16,18H,2-13H2,1H3. The Hall–Kier alpha value is -0.160. The molecule has 1 atom stereocenters. The summed E-state index contributed by atoms with van der Waals surface area (Å²) in [5.41, 5.74) is 0.0577. The number of nitrogens with one attached hydrogen (secondary N) is 1. The minimum atomic E-state index is 0.0577. The van der Waals surface area contributed by atoms with E-state index in [0.29, 0.717) is 18.2 Å². The lowest BCUT2D eigenvalue weighted by Crippen LogP contribution is -2.47. The second-order valence-electron chi connectivity index (χ2n) is 6.93. The topological polar surface area (TPSA) is 39.7 Å². The van der Waals surface area contributed by atoms with Crippen LogP contribution in [0.1, 0.15) is 58.3 Å². The smallest absolute Gasteiger partial charge is 0.0751 e. The van der Waals surface area contributed by atoms with Gasteiger partial charge in [-0.05, 0) is 51.5 Å². The van der Waals surface area contributed by atoms with E-state index in [2.05, 4.69) is 12.2 Å². The fourth-order valence-electron chi connectivity index (χ4n) is 4.15. The van der Waals surface area contributed by atoms with Gasteiger partial charge in [0.1, 0.15) is 0 Å². The molecule has 0 aromatic rings. The quantitative estimate of drug-likeness (QED) is 0.866. The highest BCUT2D eigenvalue weighted by Crippen LogP contribution is 2.36. The highest BCUT2D eigenvalue weighted by atomic mass is 16.5. The van der Waals surface area contributed by atoms with Gasteiger partial charge >= 0.3 is 0 Å². The molecule has 0 amide bonds. The largest absolute Gasteiger partial charge is 0.381 e. The monoisotopic (exact) mass is 297 g/mol. The summed E-state index contributed by atoms with van der Waals surface area (Å²) in [6.07, 6.45) is 10.1. The number of rotatable bonds is 4. The van der Waals surface area contributed by atoms with Crippen LogP contribution >= 0.6 is 0 Å². The predicted molar refractivity (Wildman–Crippen MR) is 82.6 cm³/mol. The molecule has 1 spiro atoms. The molecule has 3 rings (SSSR count). The second-order valence-corrected chi connectivity index (χ2v) is 6.93. The van der Waals surface area contributed by atoms with Crippen molar-refractivity contribution in [1.82, 2.24) is 5.32 Å². The lowest BCUT2D eigenvalue weighted by atomic mass is 9.85. The van der Waals surface area contributed by atoms with Gasteiger partial charge in [0.05, 0.1) is 17.8 Å². The Morgan fingerprint density at radius 1 is 1.00 bits per heavy atom. The van der Waals surface area contributed by atoms with E-state index in [1.165, 1.54) is 25.7 Å². The molecule has 2 heterocycles. The summed E-state index contributed by atoms with van der Waals surface area (Å²) in [4.78, 5) is 0. The van der Waals surface area contributed by atoms with Crippen molar-refractivity contribution in [3.63, 3.8) is 0 Å². The molecule has 0 aromatic heterocycles. The molecule has 1 aliphatic carbocycles. The Morgan fingerprint density at radius 2 is 1.76 bits per heavy atom. The summed E-state index contributed by atoms with van der Waals surface area (Å²) in [6, 6.07) is 0.714. The zero-order valence-corrected chi connectivity index (χ0v) is 13.4. The van der Waals surface area contributed by atoms with E-state index in [9.17, 15) is 0 Å². The molecule has 3 aliphatic rings. The highest BCUT2D eigenvalue weighted by Gasteiger charge is 2.40. The first-order valence-electron chi connectivity index (χ1n) is 8.90. The average molecular weight is 297 g/mol. The Bertz CT molecular complexity index is 304. The van der Waals surface area contributed by atoms with Gasteiger partial charge in [-0.2, -0.15) is 0 Å². The maximum Gasteiger partial charge on any atom is 0.0751 e. The maximum absolute atomic E-state index is 6.44. The molecule has 4 nitrogen and oxygen atoms in total. The van der Waals surface area contributed by atoms with Crippen molar-refractivity contribution in [2.45, 2.75) is 82.1 Å². The van der Waals surface area contributed by atoms with Crippen LogP contribution < -0.4 is 5.32 Å².